The van der Waals surface area contributed by atoms with E-state index < -0.39 is 0 Å². The molecule has 0 aromatic heterocycles. The summed E-state index contributed by atoms with van der Waals surface area (Å²) < 4.78 is 10.9. The number of rotatable bonds is 6. The molecular formula is C19H27N8O2+. The van der Waals surface area contributed by atoms with Crippen molar-refractivity contribution in [3.63, 3.8) is 0 Å². The highest BCUT2D eigenvalue weighted by Gasteiger charge is 2.47. The molecule has 0 spiro atoms. The van der Waals surface area contributed by atoms with E-state index in [4.69, 9.17) is 20.3 Å². The van der Waals surface area contributed by atoms with Gasteiger partial charge in [0.25, 0.3) is 5.96 Å². The molecule has 1 saturated heterocycles. The molecule has 3 aliphatic rings. The largest absolute Gasteiger partial charge is 0.497 e. The van der Waals surface area contributed by atoms with E-state index >= 15 is 0 Å². The zero-order chi connectivity index (χ0) is 20.3. The molecule has 0 bridgehead atoms. The highest BCUT2D eigenvalue weighted by molar-refractivity contribution is 6.30. The van der Waals surface area contributed by atoms with Crippen molar-refractivity contribution in [2.75, 3.05) is 58.8 Å². The minimum atomic E-state index is 0.198. The molecule has 0 aliphatic carbocycles. The number of aliphatic imine (C=N–C) groups is 2. The number of nitrogens with one attached hydrogen (secondary N) is 1. The van der Waals surface area contributed by atoms with Gasteiger partial charge in [-0.3, -0.25) is 9.89 Å². The van der Waals surface area contributed by atoms with Gasteiger partial charge in [0, 0.05) is 50.1 Å². The standard InChI is InChI=1S/C19H27N8O2/c1-28-16-11-15(12-17(13-16)29-2)22-19-23-18-14-21-4-10-27(18,24-19)26-8-6-25(5-3-20)7-9-26/h4,10-14H,3,5-9,20H2,1-2H3,(H,22,24)/q+1. The fourth-order valence-corrected chi connectivity index (χ4v) is 3.68. The van der Waals surface area contributed by atoms with Gasteiger partial charge < -0.3 is 20.5 Å². The van der Waals surface area contributed by atoms with Crippen molar-refractivity contribution < 1.29 is 14.2 Å². The fraction of sp³-hybridized carbons (Fsp3) is 0.421. The van der Waals surface area contributed by atoms with E-state index in [9.17, 15) is 0 Å². The summed E-state index contributed by atoms with van der Waals surface area (Å²) in [7, 11) is 3.25. The van der Waals surface area contributed by atoms with Crippen LogP contribution in [0.25, 0.3) is 0 Å². The number of nitrogens with two attached hydrogens (primary N) is 1. The molecule has 1 aromatic rings. The van der Waals surface area contributed by atoms with Crippen LogP contribution in [0.1, 0.15) is 0 Å². The van der Waals surface area contributed by atoms with Crippen LogP contribution in [0.5, 0.6) is 11.5 Å². The van der Waals surface area contributed by atoms with E-state index in [0.29, 0.717) is 24.0 Å². The van der Waals surface area contributed by atoms with Gasteiger partial charge in [-0.15, -0.1) is 10.0 Å². The molecule has 10 heteroatoms. The van der Waals surface area contributed by atoms with E-state index in [1.807, 2.05) is 24.4 Å². The summed E-state index contributed by atoms with van der Waals surface area (Å²) in [5, 5.41) is 10.5. The van der Waals surface area contributed by atoms with Gasteiger partial charge in [-0.05, 0) is 9.80 Å². The van der Waals surface area contributed by atoms with Crippen LogP contribution in [-0.4, -0.2) is 86.1 Å². The Morgan fingerprint density at radius 2 is 1.83 bits per heavy atom. The van der Waals surface area contributed by atoms with E-state index in [2.05, 4.69) is 25.2 Å². The Bertz CT molecular complexity index is 851. The summed E-state index contributed by atoms with van der Waals surface area (Å²) in [5.41, 5.74) is 6.49. The van der Waals surface area contributed by atoms with Crippen molar-refractivity contribution in [2.45, 2.75) is 0 Å². The van der Waals surface area contributed by atoms with Crippen LogP contribution < -0.4 is 20.5 Å². The number of methoxy groups -OCH3 is 2. The van der Waals surface area contributed by atoms with Crippen molar-refractivity contribution in [3.8, 4) is 11.5 Å². The lowest BCUT2D eigenvalue weighted by atomic mass is 10.3. The quantitative estimate of drug-likeness (QED) is 0.682. The maximum atomic E-state index is 5.70. The summed E-state index contributed by atoms with van der Waals surface area (Å²) in [6.45, 7) is 5.21. The van der Waals surface area contributed by atoms with E-state index in [-0.39, 0.29) is 4.70 Å². The zero-order valence-electron chi connectivity index (χ0n) is 16.8. The first-order chi connectivity index (χ1) is 14.2. The van der Waals surface area contributed by atoms with Gasteiger partial charge in [-0.2, -0.15) is 0 Å². The molecule has 1 aromatic carbocycles. The molecule has 1 unspecified atom stereocenters. The smallest absolute Gasteiger partial charge is 0.301 e. The first kappa shape index (κ1) is 19.5. The van der Waals surface area contributed by atoms with Crippen molar-refractivity contribution in [2.24, 2.45) is 20.8 Å². The second-order valence-corrected chi connectivity index (χ2v) is 6.93. The minimum Gasteiger partial charge on any atom is -0.497 e. The molecule has 29 heavy (non-hydrogen) atoms. The molecule has 0 saturated carbocycles. The summed E-state index contributed by atoms with van der Waals surface area (Å²) in [6.07, 6.45) is 5.49. The predicted molar refractivity (Wildman–Crippen MR) is 113 cm³/mol. The second-order valence-electron chi connectivity index (χ2n) is 6.93. The number of benzene rings is 1. The molecule has 3 aliphatic heterocycles. The maximum Gasteiger partial charge on any atom is 0.301 e. The number of guanidine groups is 1. The topological polar surface area (TPSA) is 100 Å². The van der Waals surface area contributed by atoms with Gasteiger partial charge in [0.15, 0.2) is 6.20 Å². The molecule has 1 atom stereocenters. The van der Waals surface area contributed by atoms with Crippen molar-refractivity contribution in [1.82, 2.24) is 9.91 Å². The summed E-state index contributed by atoms with van der Waals surface area (Å²) in [5.74, 6) is 2.66. The number of quaternary nitrogens is 1. The molecule has 3 heterocycles. The highest BCUT2D eigenvalue weighted by atomic mass is 16.5. The van der Waals surface area contributed by atoms with Crippen LogP contribution in [0.4, 0.5) is 5.69 Å². The Balaban J connectivity index is 1.57. The zero-order valence-corrected chi connectivity index (χ0v) is 16.8. The number of ether oxygens (including phenoxy) is 2. The average Bonchev–Trinajstić information content (AvgIpc) is 3.13. The molecular weight excluding hydrogens is 372 g/mol. The Kier molecular flexibility index (Phi) is 5.58. The van der Waals surface area contributed by atoms with Crippen LogP contribution in [0.2, 0.25) is 0 Å². The van der Waals surface area contributed by atoms with E-state index in [1.54, 1.807) is 26.6 Å². The van der Waals surface area contributed by atoms with Gasteiger partial charge in [-0.1, -0.05) is 0 Å². The molecule has 154 valence electrons. The monoisotopic (exact) mass is 399 g/mol. The van der Waals surface area contributed by atoms with Gasteiger partial charge in [0.2, 0.25) is 0 Å². The lowest BCUT2D eigenvalue weighted by Crippen LogP contribution is -2.62. The van der Waals surface area contributed by atoms with Gasteiger partial charge in [-0.25, -0.2) is 0 Å². The number of hydrogen-bond acceptors (Lipinski definition) is 9. The van der Waals surface area contributed by atoms with Crippen LogP contribution >= 0.6 is 0 Å². The van der Waals surface area contributed by atoms with Gasteiger partial charge >= 0.3 is 5.84 Å². The number of anilines is 1. The SMILES string of the molecule is COc1cc(NC2=N[N+]3(N4CCN(CCN)CC4)C=CN=CC3=N2)cc(OC)c1. The Morgan fingerprint density at radius 1 is 1.10 bits per heavy atom. The molecule has 1 fully saturated rings. The Hall–Kier alpha value is -2.79. The number of amidine groups is 1. The third kappa shape index (κ3) is 3.87. The number of piperazine rings is 1. The minimum absolute atomic E-state index is 0.198. The number of nitrogens with zero attached hydrogens (tertiary/aromatic N) is 6. The van der Waals surface area contributed by atoms with Gasteiger partial charge in [0.05, 0.1) is 33.5 Å². The lowest BCUT2D eigenvalue weighted by Gasteiger charge is -2.40. The van der Waals surface area contributed by atoms with Crippen LogP contribution in [0, 0.1) is 0 Å². The molecule has 0 radical (unpaired) electrons. The highest BCUT2D eigenvalue weighted by Crippen LogP contribution is 2.29. The van der Waals surface area contributed by atoms with Crippen molar-refractivity contribution in [3.05, 3.63) is 30.6 Å². The fourth-order valence-electron chi connectivity index (χ4n) is 3.68. The predicted octanol–water partition coefficient (Wildman–Crippen LogP) is 0.663. The first-order valence-corrected chi connectivity index (χ1v) is 9.64. The van der Waals surface area contributed by atoms with E-state index in [0.717, 1.165) is 44.2 Å². The van der Waals surface area contributed by atoms with Gasteiger partial charge in [0.1, 0.15) is 17.7 Å². The second kappa shape index (κ2) is 8.29. The average molecular weight is 399 g/mol. The third-order valence-corrected chi connectivity index (χ3v) is 5.19. The summed E-state index contributed by atoms with van der Waals surface area (Å²) >= 11 is 0. The Morgan fingerprint density at radius 3 is 2.48 bits per heavy atom. The van der Waals surface area contributed by atoms with E-state index in [1.165, 1.54) is 0 Å². The molecule has 0 amide bonds. The molecule has 3 N–H and O–H groups in total. The normalized spacial score (nSPS) is 24.1. The molecule has 10 nitrogen and oxygen atoms in total. The van der Waals surface area contributed by atoms with Crippen LogP contribution in [0.3, 0.4) is 0 Å². The Labute approximate surface area is 170 Å². The van der Waals surface area contributed by atoms with Crippen LogP contribution in [0.15, 0.2) is 45.7 Å². The summed E-state index contributed by atoms with van der Waals surface area (Å²) in [4.78, 5) is 11.3. The molecule has 4 rings (SSSR count). The lowest BCUT2D eigenvalue weighted by molar-refractivity contribution is -0.918. The first-order valence-electron chi connectivity index (χ1n) is 9.64. The number of hydrogen-bond donors (Lipinski definition) is 2. The third-order valence-electron chi connectivity index (χ3n) is 5.19. The number of fused-ring (bicyclic) bond motifs is 1. The van der Waals surface area contributed by atoms with Crippen molar-refractivity contribution >= 4 is 23.7 Å². The van der Waals surface area contributed by atoms with Crippen LogP contribution in [-0.2, 0) is 0 Å². The maximum absolute atomic E-state index is 5.70. The summed E-state index contributed by atoms with van der Waals surface area (Å²) in [6, 6.07) is 5.58. The van der Waals surface area contributed by atoms with Crippen molar-refractivity contribution in [1.29, 1.82) is 0 Å².